The molecule has 2 nitrogen and oxygen atoms in total. The van der Waals surface area contributed by atoms with E-state index in [-0.39, 0.29) is 0 Å². The maximum atomic E-state index is 11.7. The van der Waals surface area contributed by atoms with Crippen molar-refractivity contribution < 1.29 is 9.53 Å². The quantitative estimate of drug-likeness (QED) is 0.702. The average Bonchev–Trinajstić information content (AvgIpc) is 3.12. The summed E-state index contributed by atoms with van der Waals surface area (Å²) in [5.74, 6) is 1.50. The lowest BCUT2D eigenvalue weighted by molar-refractivity contribution is 0.0967. The van der Waals surface area contributed by atoms with Gasteiger partial charge in [0.15, 0.2) is 5.78 Å². The lowest BCUT2D eigenvalue weighted by atomic mass is 10.1. The van der Waals surface area contributed by atoms with Crippen molar-refractivity contribution in [3.05, 3.63) is 29.8 Å². The summed E-state index contributed by atoms with van der Waals surface area (Å²) in [7, 11) is 0. The van der Waals surface area contributed by atoms with Crippen molar-refractivity contribution in [1.29, 1.82) is 0 Å². The number of rotatable bonds is 4. The average molecular weight is 202 g/mol. The minimum atomic E-state index is 0.299. The van der Waals surface area contributed by atoms with Crippen LogP contribution in [-0.2, 0) is 0 Å². The summed E-state index contributed by atoms with van der Waals surface area (Å²) in [6.07, 6.45) is 4.90. The Morgan fingerprint density at radius 1 is 1.07 bits per heavy atom. The number of ether oxygens (including phenoxy) is 1. The molecule has 1 aromatic carbocycles. The predicted molar refractivity (Wildman–Crippen MR) is 57.1 cm³/mol. The largest absolute Gasteiger partial charge is 0.490 e. The van der Waals surface area contributed by atoms with Gasteiger partial charge in [0.05, 0.1) is 6.10 Å². The molecule has 0 atom stereocenters. The van der Waals surface area contributed by atoms with E-state index in [2.05, 4.69) is 0 Å². The van der Waals surface area contributed by atoms with Crippen LogP contribution in [0.3, 0.4) is 0 Å². The van der Waals surface area contributed by atoms with Gasteiger partial charge in [0, 0.05) is 11.5 Å². The molecule has 0 aliphatic heterocycles. The van der Waals surface area contributed by atoms with Gasteiger partial charge in [0.25, 0.3) is 0 Å². The van der Waals surface area contributed by atoms with Crippen LogP contribution in [0.5, 0.6) is 5.75 Å². The van der Waals surface area contributed by atoms with Crippen LogP contribution in [0.25, 0.3) is 0 Å². The molecule has 2 saturated carbocycles. The molecule has 0 aromatic heterocycles. The Balaban J connectivity index is 1.71. The Hall–Kier alpha value is -1.31. The zero-order valence-electron chi connectivity index (χ0n) is 8.61. The van der Waals surface area contributed by atoms with Crippen molar-refractivity contribution in [1.82, 2.24) is 0 Å². The first kappa shape index (κ1) is 8.96. The molecule has 0 heterocycles. The molecule has 1 aromatic rings. The summed E-state index contributed by atoms with van der Waals surface area (Å²) in [6, 6.07) is 7.60. The number of carbonyl (C=O) groups excluding carboxylic acids is 1. The fourth-order valence-electron chi connectivity index (χ4n) is 1.66. The molecule has 78 valence electrons. The highest BCUT2D eigenvalue weighted by Crippen LogP contribution is 2.33. The van der Waals surface area contributed by atoms with Gasteiger partial charge in [-0.2, -0.15) is 0 Å². The number of ketones is 1. The first-order chi connectivity index (χ1) is 7.33. The van der Waals surface area contributed by atoms with E-state index < -0.39 is 0 Å². The van der Waals surface area contributed by atoms with Gasteiger partial charge in [-0.05, 0) is 49.9 Å². The Morgan fingerprint density at radius 3 is 2.27 bits per heavy atom. The predicted octanol–water partition coefficient (Wildman–Crippen LogP) is 2.82. The second kappa shape index (κ2) is 3.37. The molecule has 0 N–H and O–H groups in total. The number of hydrogen-bond donors (Lipinski definition) is 0. The van der Waals surface area contributed by atoms with Crippen LogP contribution in [0.1, 0.15) is 36.0 Å². The van der Waals surface area contributed by atoms with Gasteiger partial charge >= 0.3 is 0 Å². The molecule has 0 saturated heterocycles. The van der Waals surface area contributed by atoms with Crippen LogP contribution in [0, 0.1) is 5.92 Å². The lowest BCUT2D eigenvalue weighted by Crippen LogP contribution is -2.01. The van der Waals surface area contributed by atoms with Crippen LogP contribution in [0.4, 0.5) is 0 Å². The van der Waals surface area contributed by atoms with E-state index in [9.17, 15) is 4.79 Å². The van der Waals surface area contributed by atoms with E-state index in [0.29, 0.717) is 17.8 Å². The number of hydrogen-bond acceptors (Lipinski definition) is 2. The third kappa shape index (κ3) is 2.04. The maximum absolute atomic E-state index is 11.7. The number of benzene rings is 1. The van der Waals surface area contributed by atoms with Crippen molar-refractivity contribution >= 4 is 5.78 Å². The maximum Gasteiger partial charge on any atom is 0.165 e. The van der Waals surface area contributed by atoms with E-state index in [0.717, 1.165) is 24.2 Å². The van der Waals surface area contributed by atoms with Crippen molar-refractivity contribution in [3.8, 4) is 5.75 Å². The van der Waals surface area contributed by atoms with Gasteiger partial charge in [-0.1, -0.05) is 0 Å². The molecule has 0 amide bonds. The molecule has 2 heteroatoms. The molecule has 0 bridgehead atoms. The SMILES string of the molecule is O=C(c1ccc(OC2CC2)cc1)C1CC1. The minimum Gasteiger partial charge on any atom is -0.490 e. The highest BCUT2D eigenvalue weighted by molar-refractivity contribution is 5.99. The van der Waals surface area contributed by atoms with E-state index in [1.165, 1.54) is 12.8 Å². The van der Waals surface area contributed by atoms with E-state index in [4.69, 9.17) is 4.74 Å². The molecule has 15 heavy (non-hydrogen) atoms. The van der Waals surface area contributed by atoms with Gasteiger partial charge in [-0.25, -0.2) is 0 Å². The molecular weight excluding hydrogens is 188 g/mol. The highest BCUT2D eigenvalue weighted by atomic mass is 16.5. The first-order valence-corrected chi connectivity index (χ1v) is 5.64. The van der Waals surface area contributed by atoms with Gasteiger partial charge in [0.1, 0.15) is 5.75 Å². The molecule has 2 fully saturated rings. The summed E-state index contributed by atoms with van der Waals surface area (Å²) in [5.41, 5.74) is 0.834. The van der Waals surface area contributed by atoms with Gasteiger partial charge < -0.3 is 4.74 Å². The molecule has 0 radical (unpaired) electrons. The topological polar surface area (TPSA) is 26.3 Å². The Labute approximate surface area is 89.2 Å². The van der Waals surface area contributed by atoms with Crippen molar-refractivity contribution in [2.45, 2.75) is 31.8 Å². The molecule has 0 unspecified atom stereocenters. The van der Waals surface area contributed by atoms with Gasteiger partial charge in [-0.3, -0.25) is 4.79 Å². The van der Waals surface area contributed by atoms with Crippen LogP contribution in [-0.4, -0.2) is 11.9 Å². The molecule has 3 rings (SSSR count). The summed E-state index contributed by atoms with van der Waals surface area (Å²) >= 11 is 0. The molecular formula is C13H14O2. The van der Waals surface area contributed by atoms with Crippen LogP contribution < -0.4 is 4.74 Å². The fraction of sp³-hybridized carbons (Fsp3) is 0.462. The van der Waals surface area contributed by atoms with Gasteiger partial charge in [0.2, 0.25) is 0 Å². The van der Waals surface area contributed by atoms with Crippen molar-refractivity contribution in [2.75, 3.05) is 0 Å². The monoisotopic (exact) mass is 202 g/mol. The second-order valence-electron chi connectivity index (χ2n) is 4.48. The normalized spacial score (nSPS) is 20.0. The highest BCUT2D eigenvalue weighted by Gasteiger charge is 2.30. The second-order valence-corrected chi connectivity index (χ2v) is 4.48. The van der Waals surface area contributed by atoms with E-state index in [1.807, 2.05) is 24.3 Å². The molecule has 2 aliphatic rings. The van der Waals surface area contributed by atoms with Crippen LogP contribution in [0.15, 0.2) is 24.3 Å². The standard InChI is InChI=1S/C13H14O2/c14-13(9-1-2-9)10-3-5-11(6-4-10)15-12-7-8-12/h3-6,9,12H,1-2,7-8H2. The fourth-order valence-corrected chi connectivity index (χ4v) is 1.66. The lowest BCUT2D eigenvalue weighted by Gasteiger charge is -2.04. The zero-order chi connectivity index (χ0) is 10.3. The summed E-state index contributed by atoms with van der Waals surface area (Å²) < 4.78 is 5.62. The Bertz CT molecular complexity index is 372. The molecule has 2 aliphatic carbocycles. The Kier molecular flexibility index (Phi) is 2.01. The molecule has 0 spiro atoms. The van der Waals surface area contributed by atoms with Gasteiger partial charge in [-0.15, -0.1) is 0 Å². The number of Topliss-reactive ketones (excluding diaryl/α,β-unsaturated/α-hetero) is 1. The van der Waals surface area contributed by atoms with E-state index >= 15 is 0 Å². The third-order valence-electron chi connectivity index (χ3n) is 2.91. The van der Waals surface area contributed by atoms with Crippen molar-refractivity contribution in [2.24, 2.45) is 5.92 Å². The third-order valence-corrected chi connectivity index (χ3v) is 2.91. The minimum absolute atomic E-state index is 0.299. The summed E-state index contributed by atoms with van der Waals surface area (Å²) in [4.78, 5) is 11.7. The smallest absolute Gasteiger partial charge is 0.165 e. The summed E-state index contributed by atoms with van der Waals surface area (Å²) in [6.45, 7) is 0. The van der Waals surface area contributed by atoms with Crippen molar-refractivity contribution in [3.63, 3.8) is 0 Å². The zero-order valence-corrected chi connectivity index (χ0v) is 8.61. The van der Waals surface area contributed by atoms with Crippen LogP contribution in [0.2, 0.25) is 0 Å². The number of carbonyl (C=O) groups is 1. The first-order valence-electron chi connectivity index (χ1n) is 5.64. The van der Waals surface area contributed by atoms with E-state index in [1.54, 1.807) is 0 Å². The summed E-state index contributed by atoms with van der Waals surface area (Å²) in [5, 5.41) is 0. The van der Waals surface area contributed by atoms with Crippen LogP contribution >= 0.6 is 0 Å². The Morgan fingerprint density at radius 2 is 1.73 bits per heavy atom.